The van der Waals surface area contributed by atoms with Crippen molar-refractivity contribution in [1.29, 1.82) is 0 Å². The van der Waals surface area contributed by atoms with Crippen LogP contribution in [0, 0.1) is 5.92 Å². The second-order valence-electron chi connectivity index (χ2n) is 4.05. The molecule has 1 saturated carbocycles. The lowest BCUT2D eigenvalue weighted by atomic mass is 9.86. The van der Waals surface area contributed by atoms with Gasteiger partial charge < -0.3 is 10.1 Å². The van der Waals surface area contributed by atoms with E-state index in [1.165, 1.54) is 25.7 Å². The molecule has 1 fully saturated rings. The van der Waals surface area contributed by atoms with Crippen LogP contribution >= 0.6 is 0 Å². The number of carbonyl (C=O) groups excluding carboxylic acids is 1. The molecule has 0 aromatic rings. The molecule has 0 aromatic carbocycles. The van der Waals surface area contributed by atoms with Gasteiger partial charge in [-0.2, -0.15) is 0 Å². The highest BCUT2D eigenvalue weighted by atomic mass is 16.5. The van der Waals surface area contributed by atoms with Crippen molar-refractivity contribution in [2.75, 3.05) is 13.2 Å². The second-order valence-corrected chi connectivity index (χ2v) is 4.05. The summed E-state index contributed by atoms with van der Waals surface area (Å²) in [7, 11) is 0. The molecule has 3 nitrogen and oxygen atoms in total. The van der Waals surface area contributed by atoms with Crippen LogP contribution < -0.4 is 5.32 Å². The normalized spacial score (nSPS) is 27.3. The van der Waals surface area contributed by atoms with Crippen LogP contribution in [-0.4, -0.2) is 25.2 Å². The number of carbonyl (C=O) groups is 1. The highest BCUT2D eigenvalue weighted by molar-refractivity contribution is 5.71. The zero-order valence-corrected chi connectivity index (χ0v) is 9.21. The van der Waals surface area contributed by atoms with Gasteiger partial charge in [-0.3, -0.25) is 4.79 Å². The highest BCUT2D eigenvalue weighted by Crippen LogP contribution is 2.23. The van der Waals surface area contributed by atoms with Crippen molar-refractivity contribution in [3.05, 3.63) is 0 Å². The van der Waals surface area contributed by atoms with E-state index in [1.54, 1.807) is 0 Å². The molecule has 1 unspecified atom stereocenters. The lowest BCUT2D eigenvalue weighted by molar-refractivity contribution is -0.142. The molecule has 1 N–H and O–H groups in total. The highest BCUT2D eigenvalue weighted by Gasteiger charge is 2.21. The zero-order chi connectivity index (χ0) is 10.4. The molecule has 1 rings (SSSR count). The Morgan fingerprint density at radius 3 is 2.79 bits per heavy atom. The largest absolute Gasteiger partial charge is 0.465 e. The Labute approximate surface area is 86.2 Å². The molecule has 3 heteroatoms. The molecule has 1 aliphatic rings. The number of hydrogen-bond donors (Lipinski definition) is 1. The summed E-state index contributed by atoms with van der Waals surface area (Å²) in [6.45, 7) is 4.92. The van der Waals surface area contributed by atoms with Gasteiger partial charge in [-0.1, -0.05) is 19.8 Å². The van der Waals surface area contributed by atoms with Gasteiger partial charge in [-0.15, -0.1) is 0 Å². The van der Waals surface area contributed by atoms with Gasteiger partial charge in [-0.05, 0) is 25.7 Å². The molecular weight excluding hydrogens is 178 g/mol. The van der Waals surface area contributed by atoms with Crippen molar-refractivity contribution in [2.24, 2.45) is 5.92 Å². The van der Waals surface area contributed by atoms with Gasteiger partial charge in [0.2, 0.25) is 0 Å². The van der Waals surface area contributed by atoms with Crippen LogP contribution in [0.1, 0.15) is 39.5 Å². The Kier molecular flexibility index (Phi) is 4.94. The van der Waals surface area contributed by atoms with Crippen molar-refractivity contribution >= 4 is 5.97 Å². The molecule has 0 aromatic heterocycles. The number of ether oxygens (including phenoxy) is 1. The van der Waals surface area contributed by atoms with Crippen LogP contribution in [0.4, 0.5) is 0 Å². The quantitative estimate of drug-likeness (QED) is 0.701. The first-order chi connectivity index (χ1) is 6.74. The van der Waals surface area contributed by atoms with E-state index in [4.69, 9.17) is 4.74 Å². The number of hydrogen-bond acceptors (Lipinski definition) is 3. The van der Waals surface area contributed by atoms with Crippen molar-refractivity contribution in [2.45, 2.75) is 45.6 Å². The van der Waals surface area contributed by atoms with Gasteiger partial charge in [0.15, 0.2) is 0 Å². The van der Waals surface area contributed by atoms with Crippen molar-refractivity contribution < 1.29 is 9.53 Å². The van der Waals surface area contributed by atoms with Crippen molar-refractivity contribution in [3.8, 4) is 0 Å². The maximum Gasteiger partial charge on any atom is 0.319 e. The van der Waals surface area contributed by atoms with Gasteiger partial charge in [0.05, 0.1) is 13.2 Å². The first-order valence-corrected chi connectivity index (χ1v) is 5.63. The SMILES string of the molecule is CCOC(=O)CNC1CCCC[C@H]1C. The molecule has 0 heterocycles. The molecule has 14 heavy (non-hydrogen) atoms. The minimum Gasteiger partial charge on any atom is -0.465 e. The minimum atomic E-state index is -0.134. The third-order valence-electron chi connectivity index (χ3n) is 2.93. The Bertz CT molecular complexity index is 182. The number of esters is 1. The van der Waals surface area contributed by atoms with Crippen LogP contribution in [-0.2, 0) is 9.53 Å². The minimum absolute atomic E-state index is 0.134. The summed E-state index contributed by atoms with van der Waals surface area (Å²) in [5.41, 5.74) is 0. The Hall–Kier alpha value is -0.570. The summed E-state index contributed by atoms with van der Waals surface area (Å²) in [6.07, 6.45) is 5.09. The maximum absolute atomic E-state index is 11.1. The summed E-state index contributed by atoms with van der Waals surface area (Å²) >= 11 is 0. The van der Waals surface area contributed by atoms with E-state index in [1.807, 2.05) is 6.92 Å². The molecule has 82 valence electrons. The van der Waals surface area contributed by atoms with Crippen molar-refractivity contribution in [3.63, 3.8) is 0 Å². The van der Waals surface area contributed by atoms with E-state index >= 15 is 0 Å². The maximum atomic E-state index is 11.1. The van der Waals surface area contributed by atoms with E-state index in [-0.39, 0.29) is 5.97 Å². The topological polar surface area (TPSA) is 38.3 Å². The third-order valence-corrected chi connectivity index (χ3v) is 2.93. The summed E-state index contributed by atoms with van der Waals surface area (Å²) in [6, 6.07) is 0.508. The predicted molar refractivity (Wildman–Crippen MR) is 56.1 cm³/mol. The molecule has 0 bridgehead atoms. The molecule has 2 atom stereocenters. The van der Waals surface area contributed by atoms with E-state index in [0.29, 0.717) is 25.1 Å². The molecule has 0 spiro atoms. The van der Waals surface area contributed by atoms with Gasteiger partial charge >= 0.3 is 5.97 Å². The Morgan fingerprint density at radius 1 is 1.43 bits per heavy atom. The van der Waals surface area contributed by atoms with Gasteiger partial charge in [0.25, 0.3) is 0 Å². The summed E-state index contributed by atoms with van der Waals surface area (Å²) in [4.78, 5) is 11.1. The van der Waals surface area contributed by atoms with E-state index < -0.39 is 0 Å². The zero-order valence-electron chi connectivity index (χ0n) is 9.21. The summed E-state index contributed by atoms with van der Waals surface area (Å²) < 4.78 is 4.87. The van der Waals surface area contributed by atoms with Crippen LogP contribution in [0.2, 0.25) is 0 Å². The van der Waals surface area contributed by atoms with Crippen molar-refractivity contribution in [1.82, 2.24) is 5.32 Å². The average Bonchev–Trinajstić information content (AvgIpc) is 2.17. The lowest BCUT2D eigenvalue weighted by Gasteiger charge is -2.29. The van der Waals surface area contributed by atoms with E-state index in [0.717, 1.165) is 0 Å². The predicted octanol–water partition coefficient (Wildman–Crippen LogP) is 1.72. The molecule has 0 saturated heterocycles. The van der Waals surface area contributed by atoms with Crippen LogP contribution in [0.25, 0.3) is 0 Å². The van der Waals surface area contributed by atoms with Gasteiger partial charge in [0, 0.05) is 6.04 Å². The molecule has 0 radical (unpaired) electrons. The third kappa shape index (κ3) is 3.66. The van der Waals surface area contributed by atoms with E-state index in [2.05, 4.69) is 12.2 Å². The average molecular weight is 199 g/mol. The molecular formula is C11H21NO2. The van der Waals surface area contributed by atoms with Gasteiger partial charge in [-0.25, -0.2) is 0 Å². The van der Waals surface area contributed by atoms with Crippen LogP contribution in [0.5, 0.6) is 0 Å². The fraction of sp³-hybridized carbons (Fsp3) is 0.909. The summed E-state index contributed by atoms with van der Waals surface area (Å²) in [5, 5.41) is 3.28. The Morgan fingerprint density at radius 2 is 2.14 bits per heavy atom. The fourth-order valence-electron chi connectivity index (χ4n) is 2.05. The molecule has 0 aliphatic heterocycles. The smallest absolute Gasteiger partial charge is 0.319 e. The summed E-state index contributed by atoms with van der Waals surface area (Å²) in [5.74, 6) is 0.559. The fourth-order valence-corrected chi connectivity index (χ4v) is 2.05. The van der Waals surface area contributed by atoms with Crippen LogP contribution in [0.3, 0.4) is 0 Å². The van der Waals surface area contributed by atoms with Crippen LogP contribution in [0.15, 0.2) is 0 Å². The standard InChI is InChI=1S/C11H21NO2/c1-3-14-11(13)8-12-10-7-5-4-6-9(10)2/h9-10,12H,3-8H2,1-2H3/t9-,10?/m1/s1. The number of nitrogens with one attached hydrogen (secondary N) is 1. The lowest BCUT2D eigenvalue weighted by Crippen LogP contribution is -2.40. The van der Waals surface area contributed by atoms with E-state index in [9.17, 15) is 4.79 Å². The first kappa shape index (κ1) is 11.5. The monoisotopic (exact) mass is 199 g/mol. The first-order valence-electron chi connectivity index (χ1n) is 5.63. The van der Waals surface area contributed by atoms with Gasteiger partial charge in [0.1, 0.15) is 0 Å². The Balaban J connectivity index is 2.19. The molecule has 1 aliphatic carbocycles. The second kappa shape index (κ2) is 6.02. The number of rotatable bonds is 4. The molecule has 0 amide bonds.